The van der Waals surface area contributed by atoms with E-state index in [9.17, 15) is 10.2 Å². The average molecular weight is 471 g/mol. The van der Waals surface area contributed by atoms with Crippen LogP contribution in [-0.2, 0) is 4.74 Å². The molecule has 0 atom stereocenters. The molecule has 0 amide bonds. The fourth-order valence-corrected chi connectivity index (χ4v) is 4.06. The first kappa shape index (κ1) is 31.1. The molecule has 4 nitrogen and oxygen atoms in total. The quantitative estimate of drug-likeness (QED) is 0.175. The van der Waals surface area contributed by atoms with E-state index in [2.05, 4.69) is 31.2 Å². The van der Waals surface area contributed by atoms with E-state index in [1.807, 2.05) is 18.2 Å². The van der Waals surface area contributed by atoms with Crippen LogP contribution in [0.2, 0.25) is 0 Å². The minimum absolute atomic E-state index is 0. The Kier molecular flexibility index (Phi) is 21.3. The number of halogens is 1. The largest absolute Gasteiger partial charge is 0.391 e. The number of quaternary nitrogens is 1. The van der Waals surface area contributed by atoms with Gasteiger partial charge in [-0.15, -0.1) is 12.4 Å². The molecule has 186 valence electrons. The average Bonchev–Trinajstić information content (AvgIpc) is 2.78. The van der Waals surface area contributed by atoms with Gasteiger partial charge in [0.15, 0.2) is 0 Å². The van der Waals surface area contributed by atoms with E-state index >= 15 is 0 Å². The zero-order valence-corrected chi connectivity index (χ0v) is 21.2. The van der Waals surface area contributed by atoms with E-state index in [1.165, 1.54) is 63.4 Å². The van der Waals surface area contributed by atoms with Gasteiger partial charge in [-0.1, -0.05) is 101 Å². The molecular weight excluding hydrogens is 422 g/mol. The second kappa shape index (κ2) is 21.9. The molecule has 0 spiro atoms. The van der Waals surface area contributed by atoms with Gasteiger partial charge in [0.1, 0.15) is 19.6 Å². The molecule has 2 N–H and O–H groups in total. The van der Waals surface area contributed by atoms with E-state index in [1.54, 1.807) is 0 Å². The van der Waals surface area contributed by atoms with Crippen LogP contribution in [0.15, 0.2) is 36.4 Å². The summed E-state index contributed by atoms with van der Waals surface area (Å²) in [5.74, 6) is 0. The van der Waals surface area contributed by atoms with Crippen LogP contribution in [0.3, 0.4) is 0 Å². The number of unbranched alkanes of at least 4 members (excludes halogenated alkanes) is 9. The Bertz CT molecular complexity index is 533. The minimum atomic E-state index is 0. The highest BCUT2D eigenvalue weighted by Gasteiger charge is 2.24. The molecular formula is C27H49ClNO3+. The van der Waals surface area contributed by atoms with Crippen molar-refractivity contribution in [1.82, 2.24) is 0 Å². The molecule has 1 rings (SSSR count). The zero-order chi connectivity index (χ0) is 22.5. The Morgan fingerprint density at radius 1 is 0.750 bits per heavy atom. The van der Waals surface area contributed by atoms with Crippen molar-refractivity contribution in [2.24, 2.45) is 0 Å². The molecule has 0 aromatic heterocycles. The van der Waals surface area contributed by atoms with Crippen molar-refractivity contribution < 1.29 is 19.4 Å². The SMILES string of the molecule is CCCCCCCCCCCCOCC[N+](CC=Cc1ccccc1)(CCO)CCO.Cl. The van der Waals surface area contributed by atoms with Gasteiger partial charge >= 0.3 is 0 Å². The molecule has 0 saturated carbocycles. The van der Waals surface area contributed by atoms with Gasteiger partial charge < -0.3 is 19.4 Å². The van der Waals surface area contributed by atoms with Crippen molar-refractivity contribution in [3.63, 3.8) is 0 Å². The van der Waals surface area contributed by atoms with Crippen molar-refractivity contribution in [3.8, 4) is 0 Å². The molecule has 0 bridgehead atoms. The highest BCUT2D eigenvalue weighted by Crippen LogP contribution is 2.11. The van der Waals surface area contributed by atoms with Crippen molar-refractivity contribution in [3.05, 3.63) is 42.0 Å². The predicted molar refractivity (Wildman–Crippen MR) is 139 cm³/mol. The van der Waals surface area contributed by atoms with Crippen LogP contribution in [0.5, 0.6) is 0 Å². The van der Waals surface area contributed by atoms with Crippen LogP contribution in [0.4, 0.5) is 0 Å². The van der Waals surface area contributed by atoms with E-state index in [0.29, 0.717) is 24.2 Å². The Morgan fingerprint density at radius 3 is 1.88 bits per heavy atom. The van der Waals surface area contributed by atoms with Crippen LogP contribution in [0, 0.1) is 0 Å². The number of hydrogen-bond donors (Lipinski definition) is 2. The molecule has 1 aromatic carbocycles. The molecule has 0 fully saturated rings. The third-order valence-corrected chi connectivity index (χ3v) is 6.10. The summed E-state index contributed by atoms with van der Waals surface area (Å²) in [5.41, 5.74) is 1.17. The normalized spacial score (nSPS) is 11.7. The van der Waals surface area contributed by atoms with Gasteiger partial charge in [0, 0.05) is 6.61 Å². The van der Waals surface area contributed by atoms with E-state index < -0.39 is 0 Å². The van der Waals surface area contributed by atoms with Crippen LogP contribution < -0.4 is 0 Å². The van der Waals surface area contributed by atoms with Gasteiger partial charge in [0.25, 0.3) is 0 Å². The molecule has 32 heavy (non-hydrogen) atoms. The highest BCUT2D eigenvalue weighted by molar-refractivity contribution is 5.85. The number of nitrogens with zero attached hydrogens (tertiary/aromatic N) is 1. The summed E-state index contributed by atoms with van der Waals surface area (Å²) >= 11 is 0. The summed E-state index contributed by atoms with van der Waals surface area (Å²) in [6, 6.07) is 10.2. The number of aliphatic hydroxyl groups is 2. The monoisotopic (exact) mass is 470 g/mol. The maximum atomic E-state index is 9.59. The number of aliphatic hydroxyl groups excluding tert-OH is 2. The molecule has 0 aliphatic carbocycles. The smallest absolute Gasteiger partial charge is 0.103 e. The zero-order valence-electron chi connectivity index (χ0n) is 20.4. The Balaban J connectivity index is 0.00000961. The summed E-state index contributed by atoms with van der Waals surface area (Å²) in [7, 11) is 0. The Hall–Kier alpha value is -0.910. The van der Waals surface area contributed by atoms with Gasteiger partial charge in [0.2, 0.25) is 0 Å². The van der Waals surface area contributed by atoms with Crippen molar-refractivity contribution >= 4 is 18.5 Å². The first-order chi connectivity index (χ1) is 15.3. The van der Waals surface area contributed by atoms with Gasteiger partial charge in [-0.2, -0.15) is 0 Å². The van der Waals surface area contributed by atoms with Crippen LogP contribution in [0.1, 0.15) is 76.7 Å². The molecule has 0 aliphatic rings. The lowest BCUT2D eigenvalue weighted by molar-refractivity contribution is -0.923. The lowest BCUT2D eigenvalue weighted by Gasteiger charge is -2.37. The van der Waals surface area contributed by atoms with E-state index in [-0.39, 0.29) is 25.6 Å². The van der Waals surface area contributed by atoms with E-state index in [0.717, 1.165) is 26.1 Å². The molecule has 0 saturated heterocycles. The number of benzene rings is 1. The second-order valence-corrected chi connectivity index (χ2v) is 8.75. The molecule has 0 radical (unpaired) electrons. The predicted octanol–water partition coefficient (Wildman–Crippen LogP) is 5.86. The summed E-state index contributed by atoms with van der Waals surface area (Å²) in [4.78, 5) is 0. The van der Waals surface area contributed by atoms with Crippen molar-refractivity contribution in [2.45, 2.75) is 71.1 Å². The van der Waals surface area contributed by atoms with Gasteiger partial charge in [0.05, 0.1) is 26.4 Å². The Morgan fingerprint density at radius 2 is 1.31 bits per heavy atom. The lowest BCUT2D eigenvalue weighted by atomic mass is 10.1. The lowest BCUT2D eigenvalue weighted by Crippen LogP contribution is -2.53. The number of rotatable bonds is 21. The molecule has 0 unspecified atom stereocenters. The summed E-state index contributed by atoms with van der Waals surface area (Å²) in [6.45, 7) is 6.89. The molecule has 0 aliphatic heterocycles. The summed E-state index contributed by atoms with van der Waals surface area (Å²) < 4.78 is 6.58. The molecule has 0 heterocycles. The molecule has 5 heteroatoms. The maximum Gasteiger partial charge on any atom is 0.103 e. The van der Waals surface area contributed by atoms with Crippen LogP contribution in [0.25, 0.3) is 6.08 Å². The van der Waals surface area contributed by atoms with Crippen molar-refractivity contribution in [2.75, 3.05) is 52.6 Å². The second-order valence-electron chi connectivity index (χ2n) is 8.75. The van der Waals surface area contributed by atoms with Crippen LogP contribution in [-0.4, -0.2) is 67.3 Å². The summed E-state index contributed by atoms with van der Waals surface area (Å²) in [6.07, 6.45) is 17.6. The summed E-state index contributed by atoms with van der Waals surface area (Å²) in [5, 5.41) is 19.2. The van der Waals surface area contributed by atoms with Gasteiger partial charge in [-0.3, -0.25) is 0 Å². The van der Waals surface area contributed by atoms with Gasteiger partial charge in [-0.25, -0.2) is 0 Å². The standard InChI is InChI=1S/C27H48NO3.ClH/c1-2-3-4-5-6-7-8-9-10-14-25-31-26-22-28(20-23-29,21-24-30)19-15-18-27-16-12-11-13-17-27;/h11-13,15-18,29-30H,2-10,14,19-26H2,1H3;1H/q+1;. The fraction of sp³-hybridized carbons (Fsp3) is 0.704. The third kappa shape index (κ3) is 15.8. The number of ether oxygens (including phenoxy) is 1. The fourth-order valence-electron chi connectivity index (χ4n) is 4.06. The first-order valence-electron chi connectivity index (χ1n) is 12.6. The van der Waals surface area contributed by atoms with E-state index in [4.69, 9.17) is 4.74 Å². The maximum absolute atomic E-state index is 9.59. The third-order valence-electron chi connectivity index (χ3n) is 6.10. The highest BCUT2D eigenvalue weighted by atomic mass is 35.5. The van der Waals surface area contributed by atoms with Crippen LogP contribution >= 0.6 is 12.4 Å². The van der Waals surface area contributed by atoms with Gasteiger partial charge in [-0.05, 0) is 18.1 Å². The molecule has 1 aromatic rings. The van der Waals surface area contributed by atoms with Crippen molar-refractivity contribution in [1.29, 1.82) is 0 Å². The Labute approximate surface area is 203 Å². The minimum Gasteiger partial charge on any atom is -0.391 e. The first-order valence-corrected chi connectivity index (χ1v) is 12.6. The number of hydrogen-bond acceptors (Lipinski definition) is 3. The topological polar surface area (TPSA) is 49.7 Å².